The zero-order valence-electron chi connectivity index (χ0n) is 11.6. The van der Waals surface area contributed by atoms with E-state index in [9.17, 15) is 9.90 Å². The van der Waals surface area contributed by atoms with Crippen LogP contribution in [0, 0.1) is 5.92 Å². The minimum Gasteiger partial charge on any atom is -0.393 e. The fraction of sp³-hybridized carbons (Fsp3) is 0.562. The Balaban J connectivity index is 1.49. The number of anilines is 1. The second-order valence-corrected chi connectivity index (χ2v) is 5.99. The Morgan fingerprint density at radius 3 is 3.00 bits per heavy atom. The lowest BCUT2D eigenvalue weighted by Gasteiger charge is -2.26. The van der Waals surface area contributed by atoms with Crippen LogP contribution in [0.3, 0.4) is 0 Å². The van der Waals surface area contributed by atoms with E-state index in [4.69, 9.17) is 0 Å². The fourth-order valence-corrected chi connectivity index (χ4v) is 3.27. The Kier molecular flexibility index (Phi) is 3.92. The molecule has 1 aliphatic carbocycles. The molecule has 1 heterocycles. The molecule has 0 bridgehead atoms. The molecule has 2 aliphatic rings. The van der Waals surface area contributed by atoms with Crippen molar-refractivity contribution in [1.82, 2.24) is 5.32 Å². The minimum absolute atomic E-state index is 0.0706. The Morgan fingerprint density at radius 1 is 1.35 bits per heavy atom. The summed E-state index contributed by atoms with van der Waals surface area (Å²) in [6.07, 6.45) is 4.47. The van der Waals surface area contributed by atoms with Crippen LogP contribution in [0.4, 0.5) is 5.69 Å². The van der Waals surface area contributed by atoms with E-state index in [2.05, 4.69) is 16.7 Å². The third-order valence-corrected chi connectivity index (χ3v) is 4.41. The maximum Gasteiger partial charge on any atom is 0.242 e. The number of hydrogen-bond donors (Lipinski definition) is 3. The maximum absolute atomic E-state index is 12.2. The third-order valence-electron chi connectivity index (χ3n) is 4.41. The molecule has 1 amide bonds. The average Bonchev–Trinajstić information content (AvgIpc) is 2.89. The van der Waals surface area contributed by atoms with Gasteiger partial charge in [0.1, 0.15) is 6.04 Å². The minimum atomic E-state index is -0.181. The quantitative estimate of drug-likeness (QED) is 0.786. The summed E-state index contributed by atoms with van der Waals surface area (Å²) in [5, 5.41) is 16.0. The molecule has 3 atom stereocenters. The molecule has 0 aromatic heterocycles. The molecule has 0 spiro atoms. The van der Waals surface area contributed by atoms with E-state index in [1.165, 1.54) is 5.56 Å². The summed E-state index contributed by atoms with van der Waals surface area (Å²) in [6.45, 7) is 0.685. The SMILES string of the molecule is O=C(NCC1CCCC(O)C1)C1Cc2ccccc2N1. The zero-order chi connectivity index (χ0) is 13.9. The van der Waals surface area contributed by atoms with Gasteiger partial charge < -0.3 is 15.7 Å². The average molecular weight is 274 g/mol. The van der Waals surface area contributed by atoms with Gasteiger partial charge in [-0.05, 0) is 36.8 Å². The summed E-state index contributed by atoms with van der Waals surface area (Å²) in [6, 6.07) is 7.91. The molecule has 1 aromatic carbocycles. The predicted octanol–water partition coefficient (Wildman–Crippen LogP) is 1.69. The van der Waals surface area contributed by atoms with Crippen LogP contribution in [0.2, 0.25) is 0 Å². The third kappa shape index (κ3) is 2.96. The number of carbonyl (C=O) groups is 1. The smallest absolute Gasteiger partial charge is 0.242 e. The van der Waals surface area contributed by atoms with Crippen molar-refractivity contribution >= 4 is 11.6 Å². The molecule has 0 saturated heterocycles. The number of para-hydroxylation sites is 1. The Hall–Kier alpha value is -1.55. The van der Waals surface area contributed by atoms with Crippen LogP contribution in [0.15, 0.2) is 24.3 Å². The zero-order valence-corrected chi connectivity index (χ0v) is 11.6. The molecule has 4 nitrogen and oxygen atoms in total. The van der Waals surface area contributed by atoms with Gasteiger partial charge in [0.05, 0.1) is 6.10 Å². The normalized spacial score (nSPS) is 28.6. The van der Waals surface area contributed by atoms with E-state index in [1.807, 2.05) is 18.2 Å². The van der Waals surface area contributed by atoms with Crippen molar-refractivity contribution in [2.24, 2.45) is 5.92 Å². The Morgan fingerprint density at radius 2 is 2.20 bits per heavy atom. The number of hydrogen-bond acceptors (Lipinski definition) is 3. The van der Waals surface area contributed by atoms with Gasteiger partial charge in [0.2, 0.25) is 5.91 Å². The highest BCUT2D eigenvalue weighted by atomic mass is 16.3. The van der Waals surface area contributed by atoms with Crippen molar-refractivity contribution < 1.29 is 9.90 Å². The summed E-state index contributed by atoms with van der Waals surface area (Å²) in [5.41, 5.74) is 2.28. The van der Waals surface area contributed by atoms with Crippen molar-refractivity contribution in [2.45, 2.75) is 44.2 Å². The van der Waals surface area contributed by atoms with Crippen molar-refractivity contribution in [3.8, 4) is 0 Å². The van der Waals surface area contributed by atoms with Crippen molar-refractivity contribution in [2.75, 3.05) is 11.9 Å². The van der Waals surface area contributed by atoms with Crippen LogP contribution in [-0.2, 0) is 11.2 Å². The first-order valence-electron chi connectivity index (χ1n) is 7.52. The summed E-state index contributed by atoms with van der Waals surface area (Å²) < 4.78 is 0. The number of nitrogens with one attached hydrogen (secondary N) is 2. The molecule has 4 heteroatoms. The van der Waals surface area contributed by atoms with E-state index >= 15 is 0 Å². The first-order valence-corrected chi connectivity index (χ1v) is 7.52. The molecule has 108 valence electrons. The van der Waals surface area contributed by atoms with Crippen LogP contribution in [-0.4, -0.2) is 29.7 Å². The number of fused-ring (bicyclic) bond motifs is 1. The molecule has 3 unspecified atom stereocenters. The first kappa shape index (κ1) is 13.4. The Bertz CT molecular complexity index is 464. The lowest BCUT2D eigenvalue weighted by atomic mass is 9.87. The lowest BCUT2D eigenvalue weighted by Crippen LogP contribution is -2.41. The van der Waals surface area contributed by atoms with Crippen molar-refractivity contribution in [1.29, 1.82) is 0 Å². The van der Waals surface area contributed by atoms with Crippen LogP contribution in [0.5, 0.6) is 0 Å². The molecule has 3 rings (SSSR count). The second kappa shape index (κ2) is 5.83. The summed E-state index contributed by atoms with van der Waals surface area (Å²) in [7, 11) is 0. The molecule has 20 heavy (non-hydrogen) atoms. The predicted molar refractivity (Wildman–Crippen MR) is 78.5 cm³/mol. The van der Waals surface area contributed by atoms with Crippen molar-refractivity contribution in [3.05, 3.63) is 29.8 Å². The number of aliphatic hydroxyl groups is 1. The standard InChI is InChI=1S/C16H22N2O2/c19-13-6-3-4-11(8-13)10-17-16(20)15-9-12-5-1-2-7-14(12)18-15/h1-2,5,7,11,13,15,18-19H,3-4,6,8-10H2,(H,17,20). The van der Waals surface area contributed by atoms with Gasteiger partial charge in [0, 0.05) is 18.7 Å². The molecule has 3 N–H and O–H groups in total. The van der Waals surface area contributed by atoms with Gasteiger partial charge >= 0.3 is 0 Å². The molecule has 0 radical (unpaired) electrons. The molecule has 1 aromatic rings. The fourth-order valence-electron chi connectivity index (χ4n) is 3.27. The van der Waals surface area contributed by atoms with Gasteiger partial charge in [-0.1, -0.05) is 24.6 Å². The number of rotatable bonds is 3. The van der Waals surface area contributed by atoms with Gasteiger partial charge in [-0.15, -0.1) is 0 Å². The van der Waals surface area contributed by atoms with E-state index in [1.54, 1.807) is 0 Å². The molecular formula is C16H22N2O2. The van der Waals surface area contributed by atoms with Crippen LogP contribution >= 0.6 is 0 Å². The number of amides is 1. The second-order valence-electron chi connectivity index (χ2n) is 5.99. The van der Waals surface area contributed by atoms with Crippen LogP contribution < -0.4 is 10.6 Å². The van der Waals surface area contributed by atoms with Crippen LogP contribution in [0.1, 0.15) is 31.2 Å². The number of benzene rings is 1. The molecule has 1 fully saturated rings. The largest absolute Gasteiger partial charge is 0.393 e. The Labute approximate surface area is 119 Å². The molecule has 1 aliphatic heterocycles. The molecular weight excluding hydrogens is 252 g/mol. The van der Waals surface area contributed by atoms with Gasteiger partial charge in [0.15, 0.2) is 0 Å². The van der Waals surface area contributed by atoms with E-state index in [0.717, 1.165) is 37.8 Å². The van der Waals surface area contributed by atoms with Crippen LogP contribution in [0.25, 0.3) is 0 Å². The summed E-state index contributed by atoms with van der Waals surface area (Å²) >= 11 is 0. The van der Waals surface area contributed by atoms with Gasteiger partial charge in [0.25, 0.3) is 0 Å². The van der Waals surface area contributed by atoms with E-state index in [0.29, 0.717) is 12.5 Å². The monoisotopic (exact) mass is 274 g/mol. The summed E-state index contributed by atoms with van der Waals surface area (Å²) in [4.78, 5) is 12.2. The highest BCUT2D eigenvalue weighted by Crippen LogP contribution is 2.26. The first-order chi connectivity index (χ1) is 9.72. The lowest BCUT2D eigenvalue weighted by molar-refractivity contribution is -0.122. The maximum atomic E-state index is 12.2. The van der Waals surface area contributed by atoms with Gasteiger partial charge in [-0.2, -0.15) is 0 Å². The number of aliphatic hydroxyl groups excluding tert-OH is 1. The van der Waals surface area contributed by atoms with Gasteiger partial charge in [-0.3, -0.25) is 4.79 Å². The molecule has 1 saturated carbocycles. The van der Waals surface area contributed by atoms with Crippen molar-refractivity contribution in [3.63, 3.8) is 0 Å². The van der Waals surface area contributed by atoms with E-state index in [-0.39, 0.29) is 18.1 Å². The highest BCUT2D eigenvalue weighted by molar-refractivity contribution is 5.87. The van der Waals surface area contributed by atoms with Gasteiger partial charge in [-0.25, -0.2) is 0 Å². The highest BCUT2D eigenvalue weighted by Gasteiger charge is 2.27. The van der Waals surface area contributed by atoms with E-state index < -0.39 is 0 Å². The topological polar surface area (TPSA) is 61.4 Å². The number of carbonyl (C=O) groups excluding carboxylic acids is 1. The summed E-state index contributed by atoms with van der Waals surface area (Å²) in [5.74, 6) is 0.493.